The third-order valence-corrected chi connectivity index (χ3v) is 3.12. The maximum atomic E-state index is 11.7. The smallest absolute Gasteiger partial charge is 0.271 e. The Morgan fingerprint density at radius 1 is 1.69 bits per heavy atom. The molecule has 1 heterocycles. The fourth-order valence-electron chi connectivity index (χ4n) is 1.76. The SMILES string of the molecule is Nc1cn[nH]c1C(=O)NCC1(CCO)CC1. The summed E-state index contributed by atoms with van der Waals surface area (Å²) in [5, 5.41) is 17.9. The lowest BCUT2D eigenvalue weighted by Crippen LogP contribution is -2.31. The lowest BCUT2D eigenvalue weighted by atomic mass is 10.0. The Kier molecular flexibility index (Phi) is 2.82. The number of hydrogen-bond donors (Lipinski definition) is 4. The third kappa shape index (κ3) is 2.16. The van der Waals surface area contributed by atoms with E-state index in [1.807, 2.05) is 0 Å². The maximum absolute atomic E-state index is 11.7. The molecule has 6 nitrogen and oxygen atoms in total. The van der Waals surface area contributed by atoms with Crippen LogP contribution in [0.25, 0.3) is 0 Å². The van der Waals surface area contributed by atoms with Crippen molar-refractivity contribution >= 4 is 11.6 Å². The van der Waals surface area contributed by atoms with Gasteiger partial charge in [-0.05, 0) is 24.7 Å². The molecule has 1 fully saturated rings. The summed E-state index contributed by atoms with van der Waals surface area (Å²) in [5.41, 5.74) is 6.33. The Bertz CT molecular complexity index is 384. The summed E-state index contributed by atoms with van der Waals surface area (Å²) < 4.78 is 0. The topological polar surface area (TPSA) is 104 Å². The number of rotatable bonds is 5. The van der Waals surface area contributed by atoms with Gasteiger partial charge >= 0.3 is 0 Å². The molecule has 0 spiro atoms. The number of aromatic nitrogens is 2. The molecule has 0 aromatic carbocycles. The minimum Gasteiger partial charge on any atom is -0.396 e. The fourth-order valence-corrected chi connectivity index (χ4v) is 1.76. The van der Waals surface area contributed by atoms with Gasteiger partial charge in [-0.25, -0.2) is 0 Å². The molecular weight excluding hydrogens is 208 g/mol. The van der Waals surface area contributed by atoms with Crippen LogP contribution in [-0.2, 0) is 0 Å². The molecule has 5 N–H and O–H groups in total. The number of aliphatic hydroxyl groups is 1. The quantitative estimate of drug-likeness (QED) is 0.560. The molecule has 0 radical (unpaired) electrons. The van der Waals surface area contributed by atoms with Crippen LogP contribution in [0, 0.1) is 5.41 Å². The summed E-state index contributed by atoms with van der Waals surface area (Å²) >= 11 is 0. The van der Waals surface area contributed by atoms with E-state index in [0.29, 0.717) is 17.9 Å². The summed E-state index contributed by atoms with van der Waals surface area (Å²) in [6.45, 7) is 0.757. The van der Waals surface area contributed by atoms with E-state index >= 15 is 0 Å². The zero-order valence-corrected chi connectivity index (χ0v) is 8.99. The van der Waals surface area contributed by atoms with Gasteiger partial charge in [0, 0.05) is 13.2 Å². The summed E-state index contributed by atoms with van der Waals surface area (Å²) in [5.74, 6) is -0.237. The van der Waals surface area contributed by atoms with Crippen LogP contribution in [0.1, 0.15) is 29.8 Å². The van der Waals surface area contributed by atoms with E-state index in [-0.39, 0.29) is 17.9 Å². The van der Waals surface area contributed by atoms with Crippen molar-refractivity contribution in [3.05, 3.63) is 11.9 Å². The predicted octanol–water partition coefficient (Wildman–Crippen LogP) is -0.116. The van der Waals surface area contributed by atoms with E-state index in [9.17, 15) is 4.79 Å². The lowest BCUT2D eigenvalue weighted by Gasteiger charge is -2.13. The summed E-state index contributed by atoms with van der Waals surface area (Å²) in [4.78, 5) is 11.7. The first-order valence-corrected chi connectivity index (χ1v) is 5.35. The van der Waals surface area contributed by atoms with E-state index in [2.05, 4.69) is 15.5 Å². The van der Waals surface area contributed by atoms with Crippen molar-refractivity contribution in [2.45, 2.75) is 19.3 Å². The average molecular weight is 224 g/mol. The molecule has 0 bridgehead atoms. The van der Waals surface area contributed by atoms with Gasteiger partial charge in [-0.1, -0.05) is 0 Å². The maximum Gasteiger partial charge on any atom is 0.271 e. The standard InChI is InChI=1S/C10H16N4O2/c11-7-5-13-14-8(7)9(16)12-6-10(1-2-10)3-4-15/h5,15H,1-4,6,11H2,(H,12,16)(H,13,14). The Labute approximate surface area is 93.2 Å². The molecule has 0 aliphatic heterocycles. The van der Waals surface area contributed by atoms with Gasteiger partial charge in [-0.2, -0.15) is 5.10 Å². The number of carbonyl (C=O) groups excluding carboxylic acids is 1. The first-order chi connectivity index (χ1) is 7.67. The first kappa shape index (κ1) is 10.9. The van der Waals surface area contributed by atoms with Crippen LogP contribution in [0.2, 0.25) is 0 Å². The van der Waals surface area contributed by atoms with Gasteiger partial charge in [0.15, 0.2) is 0 Å². The number of nitrogens with one attached hydrogen (secondary N) is 2. The molecule has 1 aliphatic rings. The lowest BCUT2D eigenvalue weighted by molar-refractivity contribution is 0.0936. The van der Waals surface area contributed by atoms with Crippen molar-refractivity contribution in [2.24, 2.45) is 5.41 Å². The van der Waals surface area contributed by atoms with Crippen molar-refractivity contribution in [2.75, 3.05) is 18.9 Å². The van der Waals surface area contributed by atoms with Crippen LogP contribution >= 0.6 is 0 Å². The predicted molar refractivity (Wildman–Crippen MR) is 58.7 cm³/mol. The van der Waals surface area contributed by atoms with Gasteiger partial charge in [0.1, 0.15) is 5.69 Å². The summed E-state index contributed by atoms with van der Waals surface area (Å²) in [7, 11) is 0. The number of nitrogen functional groups attached to an aromatic ring is 1. The van der Waals surface area contributed by atoms with Crippen LogP contribution in [-0.4, -0.2) is 34.4 Å². The van der Waals surface area contributed by atoms with E-state index in [1.54, 1.807) is 0 Å². The molecule has 1 aromatic heterocycles. The largest absolute Gasteiger partial charge is 0.396 e. The molecule has 0 atom stereocenters. The number of carbonyl (C=O) groups is 1. The molecule has 1 amide bonds. The number of hydrogen-bond acceptors (Lipinski definition) is 4. The number of nitrogens with zero attached hydrogens (tertiary/aromatic N) is 1. The second-order valence-corrected chi connectivity index (χ2v) is 4.36. The highest BCUT2D eigenvalue weighted by molar-refractivity contribution is 5.96. The molecule has 2 rings (SSSR count). The molecule has 6 heteroatoms. The second-order valence-electron chi connectivity index (χ2n) is 4.36. The van der Waals surface area contributed by atoms with Gasteiger partial charge in [0.05, 0.1) is 11.9 Å². The molecule has 88 valence electrons. The Morgan fingerprint density at radius 2 is 2.44 bits per heavy atom. The molecular formula is C10H16N4O2. The number of nitrogens with two attached hydrogens (primary N) is 1. The highest BCUT2D eigenvalue weighted by Gasteiger charge is 2.42. The van der Waals surface area contributed by atoms with E-state index in [0.717, 1.165) is 19.3 Å². The minimum absolute atomic E-state index is 0.110. The molecule has 0 unspecified atom stereocenters. The summed E-state index contributed by atoms with van der Waals surface area (Å²) in [6, 6.07) is 0. The van der Waals surface area contributed by atoms with Crippen molar-refractivity contribution in [1.82, 2.24) is 15.5 Å². The number of H-pyrrole nitrogens is 1. The van der Waals surface area contributed by atoms with Crippen molar-refractivity contribution in [3.8, 4) is 0 Å². The van der Waals surface area contributed by atoms with Crippen LogP contribution in [0.15, 0.2) is 6.20 Å². The molecule has 1 saturated carbocycles. The van der Waals surface area contributed by atoms with Gasteiger partial charge in [-0.15, -0.1) is 0 Å². The molecule has 1 aliphatic carbocycles. The normalized spacial score (nSPS) is 17.1. The van der Waals surface area contributed by atoms with Crippen molar-refractivity contribution in [1.29, 1.82) is 0 Å². The highest BCUT2D eigenvalue weighted by Crippen LogP contribution is 2.47. The highest BCUT2D eigenvalue weighted by atomic mass is 16.3. The average Bonchev–Trinajstić information content (AvgIpc) is 2.89. The van der Waals surface area contributed by atoms with E-state index < -0.39 is 0 Å². The minimum atomic E-state index is -0.237. The molecule has 16 heavy (non-hydrogen) atoms. The van der Waals surface area contributed by atoms with Gasteiger partial charge in [-0.3, -0.25) is 9.89 Å². The number of aliphatic hydroxyl groups excluding tert-OH is 1. The van der Waals surface area contributed by atoms with Crippen LogP contribution < -0.4 is 11.1 Å². The third-order valence-electron chi connectivity index (χ3n) is 3.12. The molecule has 0 saturated heterocycles. The van der Waals surface area contributed by atoms with Crippen molar-refractivity contribution < 1.29 is 9.90 Å². The molecule has 1 aromatic rings. The van der Waals surface area contributed by atoms with E-state index in [1.165, 1.54) is 6.20 Å². The van der Waals surface area contributed by atoms with Crippen LogP contribution in [0.3, 0.4) is 0 Å². The Morgan fingerprint density at radius 3 is 2.94 bits per heavy atom. The number of aromatic amines is 1. The van der Waals surface area contributed by atoms with Gasteiger partial charge in [0.2, 0.25) is 0 Å². The zero-order valence-electron chi connectivity index (χ0n) is 8.99. The number of amides is 1. The first-order valence-electron chi connectivity index (χ1n) is 5.35. The number of anilines is 1. The van der Waals surface area contributed by atoms with Crippen LogP contribution in [0.5, 0.6) is 0 Å². The van der Waals surface area contributed by atoms with Gasteiger partial charge < -0.3 is 16.2 Å². The second kappa shape index (κ2) is 4.13. The summed E-state index contributed by atoms with van der Waals surface area (Å²) in [6.07, 6.45) is 4.28. The fraction of sp³-hybridized carbons (Fsp3) is 0.600. The van der Waals surface area contributed by atoms with Crippen LogP contribution in [0.4, 0.5) is 5.69 Å². The van der Waals surface area contributed by atoms with Crippen molar-refractivity contribution in [3.63, 3.8) is 0 Å². The van der Waals surface area contributed by atoms with Gasteiger partial charge in [0.25, 0.3) is 5.91 Å². The Balaban J connectivity index is 1.87. The monoisotopic (exact) mass is 224 g/mol. The zero-order chi connectivity index (χ0) is 11.6. The Hall–Kier alpha value is -1.56. The van der Waals surface area contributed by atoms with E-state index in [4.69, 9.17) is 10.8 Å².